The maximum absolute atomic E-state index is 13.8. The number of hydrogen-bond acceptors (Lipinski definition) is 2. The molecular weight excluding hydrogens is 316 g/mol. The summed E-state index contributed by atoms with van der Waals surface area (Å²) in [6, 6.07) is 1.81. The molecular formula is C15H14F4N2O2. The Morgan fingerprint density at radius 2 is 2.09 bits per heavy atom. The lowest BCUT2D eigenvalue weighted by Crippen LogP contribution is -2.47. The van der Waals surface area contributed by atoms with Gasteiger partial charge in [0.25, 0.3) is 0 Å². The average Bonchev–Trinajstić information content (AvgIpc) is 2.54. The van der Waals surface area contributed by atoms with Crippen LogP contribution in [0.15, 0.2) is 23.2 Å². The van der Waals surface area contributed by atoms with Gasteiger partial charge in [-0.1, -0.05) is 6.42 Å². The highest BCUT2D eigenvalue weighted by molar-refractivity contribution is 6.00. The van der Waals surface area contributed by atoms with E-state index < -0.39 is 29.2 Å². The zero-order valence-corrected chi connectivity index (χ0v) is 12.0. The fraction of sp³-hybridized carbons (Fsp3) is 0.467. The first-order chi connectivity index (χ1) is 10.8. The molecule has 124 valence electrons. The Bertz CT molecular complexity index is 655. The average molecular weight is 330 g/mol. The quantitative estimate of drug-likeness (QED) is 0.851. The molecule has 2 amide bonds. The predicted molar refractivity (Wildman–Crippen MR) is 74.9 cm³/mol. The molecule has 1 aliphatic carbocycles. The van der Waals surface area contributed by atoms with Crippen LogP contribution < -0.4 is 5.32 Å². The Labute approximate surface area is 129 Å². The highest BCUT2D eigenvalue weighted by Gasteiger charge is 2.59. The molecule has 1 aliphatic heterocycles. The fourth-order valence-electron chi connectivity index (χ4n) is 2.63. The minimum absolute atomic E-state index is 0.0338. The van der Waals surface area contributed by atoms with E-state index in [1.807, 2.05) is 0 Å². The molecule has 0 bridgehead atoms. The van der Waals surface area contributed by atoms with E-state index in [9.17, 15) is 22.4 Å². The van der Waals surface area contributed by atoms with Gasteiger partial charge in [-0.05, 0) is 37.0 Å². The maximum atomic E-state index is 13.8. The van der Waals surface area contributed by atoms with E-state index >= 15 is 0 Å². The number of nitrogens with one attached hydrogen (secondary N) is 1. The fourth-order valence-corrected chi connectivity index (χ4v) is 2.63. The number of urea groups is 1. The second-order valence-electron chi connectivity index (χ2n) is 5.72. The van der Waals surface area contributed by atoms with Crippen molar-refractivity contribution in [2.75, 3.05) is 11.9 Å². The lowest BCUT2D eigenvalue weighted by atomic mass is 9.85. The number of halogens is 4. The van der Waals surface area contributed by atoms with E-state index in [2.05, 4.69) is 10.3 Å². The molecule has 4 nitrogen and oxygen atoms in total. The summed E-state index contributed by atoms with van der Waals surface area (Å²) in [6.45, 7) is -0.129. The van der Waals surface area contributed by atoms with E-state index in [0.29, 0.717) is 6.21 Å². The number of alkyl halides is 3. The van der Waals surface area contributed by atoms with Crippen LogP contribution in [0.3, 0.4) is 0 Å². The molecule has 1 aromatic rings. The molecule has 0 aromatic heterocycles. The van der Waals surface area contributed by atoms with Crippen LogP contribution in [0.1, 0.15) is 24.8 Å². The molecule has 0 spiro atoms. The van der Waals surface area contributed by atoms with Gasteiger partial charge in [-0.25, -0.2) is 14.2 Å². The first-order valence-electron chi connectivity index (χ1n) is 7.19. The Kier molecular flexibility index (Phi) is 3.87. The third-order valence-corrected chi connectivity index (χ3v) is 4.18. The predicted octanol–water partition coefficient (Wildman–Crippen LogP) is 4.02. The molecule has 1 saturated carbocycles. The molecule has 1 aromatic carbocycles. The van der Waals surface area contributed by atoms with E-state index in [-0.39, 0.29) is 18.2 Å². The summed E-state index contributed by atoms with van der Waals surface area (Å²) in [7, 11) is 0. The van der Waals surface area contributed by atoms with Crippen molar-refractivity contribution in [1.82, 2.24) is 0 Å². The van der Waals surface area contributed by atoms with Crippen molar-refractivity contribution in [3.63, 3.8) is 0 Å². The number of carbonyl (C=O) groups is 1. The van der Waals surface area contributed by atoms with Gasteiger partial charge in [0.2, 0.25) is 5.60 Å². The van der Waals surface area contributed by atoms with Gasteiger partial charge in [0.05, 0.1) is 12.8 Å². The molecule has 1 N–H and O–H groups in total. The highest BCUT2D eigenvalue weighted by Crippen LogP contribution is 2.46. The number of carbonyl (C=O) groups excluding carboxylic acids is 1. The minimum Gasteiger partial charge on any atom is -0.356 e. The van der Waals surface area contributed by atoms with E-state index in [0.717, 1.165) is 37.5 Å². The van der Waals surface area contributed by atoms with Gasteiger partial charge in [0.15, 0.2) is 0 Å². The molecule has 1 atom stereocenters. The number of nitrogens with zero attached hydrogens (tertiary/aromatic N) is 1. The van der Waals surface area contributed by atoms with Crippen molar-refractivity contribution in [1.29, 1.82) is 0 Å². The highest BCUT2D eigenvalue weighted by atomic mass is 19.4. The summed E-state index contributed by atoms with van der Waals surface area (Å²) >= 11 is 0. The van der Waals surface area contributed by atoms with Crippen LogP contribution in [-0.4, -0.2) is 25.0 Å². The summed E-state index contributed by atoms with van der Waals surface area (Å²) in [5.41, 5.74) is -3.61. The lowest BCUT2D eigenvalue weighted by Gasteiger charge is -2.36. The van der Waals surface area contributed by atoms with Crippen LogP contribution in [-0.2, 0) is 10.3 Å². The Balaban J connectivity index is 2.10. The van der Waals surface area contributed by atoms with Gasteiger partial charge in [-0.2, -0.15) is 13.2 Å². The first-order valence-corrected chi connectivity index (χ1v) is 7.19. The number of benzene rings is 1. The number of hydrogen-bond donors (Lipinski definition) is 1. The Morgan fingerprint density at radius 1 is 1.35 bits per heavy atom. The number of aliphatic imine (C=N–C) groups is 1. The number of rotatable bonds is 3. The lowest BCUT2D eigenvalue weighted by molar-refractivity contribution is -0.256. The Morgan fingerprint density at radius 3 is 2.70 bits per heavy atom. The molecule has 1 heterocycles. The number of ether oxygens (including phenoxy) is 1. The topological polar surface area (TPSA) is 50.7 Å². The number of anilines is 1. The zero-order valence-electron chi connectivity index (χ0n) is 12.0. The second kappa shape index (κ2) is 5.59. The minimum atomic E-state index is -4.89. The molecule has 1 unspecified atom stereocenters. The summed E-state index contributed by atoms with van der Waals surface area (Å²) in [6.07, 6.45) is -1.94. The molecule has 1 fully saturated rings. The van der Waals surface area contributed by atoms with Crippen LogP contribution in [0.5, 0.6) is 0 Å². The van der Waals surface area contributed by atoms with Gasteiger partial charge >= 0.3 is 12.2 Å². The summed E-state index contributed by atoms with van der Waals surface area (Å²) in [5, 5.41) is 2.21. The van der Waals surface area contributed by atoms with Gasteiger partial charge in [0.1, 0.15) is 5.82 Å². The molecule has 0 radical (unpaired) electrons. The third-order valence-electron chi connectivity index (χ3n) is 4.18. The summed E-state index contributed by atoms with van der Waals surface area (Å²) < 4.78 is 60.2. The van der Waals surface area contributed by atoms with Gasteiger partial charge in [-0.3, -0.25) is 0 Å². The van der Waals surface area contributed by atoms with Crippen LogP contribution in [0.25, 0.3) is 0 Å². The molecule has 8 heteroatoms. The molecule has 3 rings (SSSR count). The number of fused-ring (bicyclic) bond motifs is 1. The SMILES string of the molecule is O=C1N=CC(OCC2CCC2)(C(F)(F)F)c2cc(F)ccc2N1. The van der Waals surface area contributed by atoms with Crippen molar-refractivity contribution in [2.45, 2.75) is 31.0 Å². The van der Waals surface area contributed by atoms with Crippen LogP contribution in [0, 0.1) is 11.7 Å². The first kappa shape index (κ1) is 15.9. The monoisotopic (exact) mass is 330 g/mol. The standard InChI is InChI=1S/C15H14F4N2O2/c16-10-4-5-12-11(6-10)14(15(17,18)19,8-20-13(22)21-12)23-7-9-2-1-3-9/h4-6,8-9H,1-3,7H2,(H,21,22). The molecule has 0 saturated heterocycles. The summed E-state index contributed by atoms with van der Waals surface area (Å²) in [5.74, 6) is -0.819. The van der Waals surface area contributed by atoms with Crippen LogP contribution in [0.2, 0.25) is 0 Å². The second-order valence-corrected chi connectivity index (χ2v) is 5.72. The normalized spacial score (nSPS) is 24.6. The van der Waals surface area contributed by atoms with Gasteiger partial charge in [0, 0.05) is 11.3 Å². The zero-order chi connectivity index (χ0) is 16.7. The van der Waals surface area contributed by atoms with Crippen molar-refractivity contribution >= 4 is 17.9 Å². The maximum Gasteiger partial charge on any atom is 0.427 e. The van der Waals surface area contributed by atoms with Crippen LogP contribution in [0.4, 0.5) is 28.0 Å². The smallest absolute Gasteiger partial charge is 0.356 e. The van der Waals surface area contributed by atoms with Crippen molar-refractivity contribution in [2.24, 2.45) is 10.9 Å². The van der Waals surface area contributed by atoms with Crippen molar-refractivity contribution in [3.8, 4) is 0 Å². The van der Waals surface area contributed by atoms with E-state index in [1.165, 1.54) is 0 Å². The van der Waals surface area contributed by atoms with Crippen LogP contribution >= 0.6 is 0 Å². The summed E-state index contributed by atoms with van der Waals surface area (Å²) in [4.78, 5) is 14.8. The largest absolute Gasteiger partial charge is 0.427 e. The molecule has 2 aliphatic rings. The van der Waals surface area contributed by atoms with E-state index in [1.54, 1.807) is 0 Å². The van der Waals surface area contributed by atoms with E-state index in [4.69, 9.17) is 4.74 Å². The number of amides is 2. The van der Waals surface area contributed by atoms with Gasteiger partial charge in [-0.15, -0.1) is 0 Å². The van der Waals surface area contributed by atoms with Gasteiger partial charge < -0.3 is 10.1 Å². The van der Waals surface area contributed by atoms with Crippen molar-refractivity contribution < 1.29 is 27.1 Å². The third kappa shape index (κ3) is 2.83. The molecule has 23 heavy (non-hydrogen) atoms. The Hall–Kier alpha value is -1.96. The van der Waals surface area contributed by atoms with Crippen molar-refractivity contribution in [3.05, 3.63) is 29.6 Å².